The van der Waals surface area contributed by atoms with Crippen LogP contribution in [0, 0.1) is 0 Å². The second-order valence-corrected chi connectivity index (χ2v) is 6.26. The van der Waals surface area contributed by atoms with E-state index in [9.17, 15) is 31.1 Å². The number of hydrogen-bond acceptors (Lipinski definition) is 5. The van der Waals surface area contributed by atoms with Gasteiger partial charge in [0.1, 0.15) is 11.5 Å². The van der Waals surface area contributed by atoms with Crippen molar-refractivity contribution in [3.05, 3.63) is 66.4 Å². The lowest BCUT2D eigenvalue weighted by Gasteiger charge is -2.13. The number of carbonyl (C=O) groups is 1. The molecular weight excluding hydrogens is 444 g/mol. The number of methoxy groups -OCH3 is 1. The molecule has 0 amide bonds. The Morgan fingerprint density at radius 2 is 1.25 bits per heavy atom. The Kier molecular flexibility index (Phi) is 6.28. The third-order valence-corrected chi connectivity index (χ3v) is 4.07. The number of ether oxygens (including phenoxy) is 3. The van der Waals surface area contributed by atoms with E-state index >= 15 is 0 Å². The largest absolute Gasteiger partial charge is 0.573 e. The Hall–Kier alpha value is -3.76. The highest BCUT2D eigenvalue weighted by molar-refractivity contribution is 5.93. The predicted molar refractivity (Wildman–Crippen MR) is 99.8 cm³/mol. The number of hydrogen-bond donors (Lipinski definition) is 0. The van der Waals surface area contributed by atoms with Crippen LogP contribution in [0.1, 0.15) is 10.4 Å². The van der Waals surface area contributed by atoms with E-state index in [2.05, 4.69) is 19.2 Å². The van der Waals surface area contributed by atoms with Crippen LogP contribution >= 0.6 is 0 Å². The lowest BCUT2D eigenvalue weighted by atomic mass is 9.97. The summed E-state index contributed by atoms with van der Waals surface area (Å²) in [5.74, 6) is -1.59. The molecule has 0 aliphatic rings. The number of nitrogens with zero attached hydrogens (tertiary/aromatic N) is 1. The van der Waals surface area contributed by atoms with E-state index in [0.29, 0.717) is 16.7 Å². The van der Waals surface area contributed by atoms with E-state index in [4.69, 9.17) is 0 Å². The second-order valence-electron chi connectivity index (χ2n) is 6.26. The van der Waals surface area contributed by atoms with Gasteiger partial charge in [-0.15, -0.1) is 26.3 Å². The molecule has 0 aliphatic heterocycles. The monoisotopic (exact) mass is 457 g/mol. The first kappa shape index (κ1) is 22.9. The Morgan fingerprint density at radius 1 is 0.781 bits per heavy atom. The zero-order valence-corrected chi connectivity index (χ0v) is 16.1. The van der Waals surface area contributed by atoms with Crippen LogP contribution in [-0.4, -0.2) is 30.8 Å². The summed E-state index contributed by atoms with van der Waals surface area (Å²) in [6, 6.07) is 11.0. The van der Waals surface area contributed by atoms with Gasteiger partial charge < -0.3 is 14.2 Å². The third kappa shape index (κ3) is 5.90. The number of benzene rings is 2. The maximum absolute atomic E-state index is 12.4. The summed E-state index contributed by atoms with van der Waals surface area (Å²) < 4.78 is 86.7. The fraction of sp³-hybridized carbons (Fsp3) is 0.143. The van der Waals surface area contributed by atoms with Gasteiger partial charge in [-0.2, -0.15) is 0 Å². The highest BCUT2D eigenvalue weighted by Gasteiger charge is 2.31. The van der Waals surface area contributed by atoms with Crippen molar-refractivity contribution < 1.29 is 45.3 Å². The number of carbonyl (C=O) groups excluding carboxylic acids is 1. The van der Waals surface area contributed by atoms with Gasteiger partial charge in [0.15, 0.2) is 0 Å². The van der Waals surface area contributed by atoms with Crippen molar-refractivity contribution in [3.8, 4) is 33.9 Å². The summed E-state index contributed by atoms with van der Waals surface area (Å²) >= 11 is 0. The van der Waals surface area contributed by atoms with Gasteiger partial charge in [0, 0.05) is 17.3 Å². The molecule has 3 rings (SSSR count). The minimum absolute atomic E-state index is 0.0684. The molecule has 1 aromatic heterocycles. The molecule has 0 radical (unpaired) electrons. The van der Waals surface area contributed by atoms with E-state index in [0.717, 1.165) is 24.3 Å². The van der Waals surface area contributed by atoms with E-state index in [-0.39, 0.29) is 11.3 Å². The molecule has 32 heavy (non-hydrogen) atoms. The van der Waals surface area contributed by atoms with Crippen molar-refractivity contribution in [1.82, 2.24) is 4.98 Å². The van der Waals surface area contributed by atoms with Crippen molar-refractivity contribution in [2.24, 2.45) is 0 Å². The Labute approximate surface area is 177 Å². The molecule has 1 heterocycles. The first-order valence-corrected chi connectivity index (χ1v) is 8.76. The zero-order valence-electron chi connectivity index (χ0n) is 16.1. The summed E-state index contributed by atoms with van der Waals surface area (Å²) in [7, 11) is 1.17. The Morgan fingerprint density at radius 3 is 1.69 bits per heavy atom. The standard InChI is InChI=1S/C21H13F6NO4/c1-30-19(29)14-10-17(12-2-6-15(7-3-12)31-20(22,23)24)18(28-11-14)13-4-8-16(9-5-13)32-21(25,26)27/h2-11H,1H3. The van der Waals surface area contributed by atoms with Crippen LogP contribution in [0.3, 0.4) is 0 Å². The fourth-order valence-electron chi connectivity index (χ4n) is 2.79. The van der Waals surface area contributed by atoms with E-state index in [1.54, 1.807) is 0 Å². The Balaban J connectivity index is 2.03. The minimum Gasteiger partial charge on any atom is -0.465 e. The molecule has 11 heteroatoms. The van der Waals surface area contributed by atoms with Crippen LogP contribution in [0.2, 0.25) is 0 Å². The Bertz CT molecular complexity index is 1090. The van der Waals surface area contributed by atoms with Gasteiger partial charge in [0.25, 0.3) is 0 Å². The van der Waals surface area contributed by atoms with Crippen molar-refractivity contribution in [2.45, 2.75) is 12.7 Å². The first-order valence-electron chi connectivity index (χ1n) is 8.76. The summed E-state index contributed by atoms with van der Waals surface area (Å²) in [6.07, 6.45) is -8.50. The SMILES string of the molecule is COC(=O)c1cnc(-c2ccc(OC(F)(F)F)cc2)c(-c2ccc(OC(F)(F)F)cc2)c1. The minimum atomic E-state index is -4.86. The molecule has 3 aromatic rings. The van der Waals surface area contributed by atoms with Gasteiger partial charge in [0.05, 0.1) is 18.4 Å². The van der Waals surface area contributed by atoms with Gasteiger partial charge in [-0.25, -0.2) is 4.79 Å². The number of pyridine rings is 1. The van der Waals surface area contributed by atoms with E-state index in [1.807, 2.05) is 0 Å². The van der Waals surface area contributed by atoms with Crippen LogP contribution in [-0.2, 0) is 4.74 Å². The molecule has 0 unspecified atom stereocenters. The lowest BCUT2D eigenvalue weighted by Crippen LogP contribution is -2.17. The molecule has 0 fully saturated rings. The zero-order chi connectivity index (χ0) is 23.5. The van der Waals surface area contributed by atoms with Crippen molar-refractivity contribution in [2.75, 3.05) is 7.11 Å². The van der Waals surface area contributed by atoms with Crippen molar-refractivity contribution in [1.29, 1.82) is 0 Å². The smallest absolute Gasteiger partial charge is 0.465 e. The van der Waals surface area contributed by atoms with Gasteiger partial charge >= 0.3 is 18.7 Å². The molecule has 0 atom stereocenters. The maximum Gasteiger partial charge on any atom is 0.573 e. The molecule has 0 saturated carbocycles. The van der Waals surface area contributed by atoms with Crippen molar-refractivity contribution in [3.63, 3.8) is 0 Å². The highest BCUT2D eigenvalue weighted by atomic mass is 19.4. The van der Waals surface area contributed by atoms with Gasteiger partial charge in [-0.05, 0) is 48.0 Å². The van der Waals surface area contributed by atoms with Gasteiger partial charge in [-0.3, -0.25) is 4.98 Å². The third-order valence-electron chi connectivity index (χ3n) is 4.07. The van der Waals surface area contributed by atoms with Crippen LogP contribution in [0.15, 0.2) is 60.8 Å². The first-order chi connectivity index (χ1) is 14.9. The molecule has 168 valence electrons. The normalized spacial score (nSPS) is 11.7. The molecule has 2 aromatic carbocycles. The molecular formula is C21H13F6NO4. The maximum atomic E-state index is 12.4. The van der Waals surface area contributed by atoms with Crippen LogP contribution in [0.4, 0.5) is 26.3 Å². The lowest BCUT2D eigenvalue weighted by molar-refractivity contribution is -0.275. The second kappa shape index (κ2) is 8.77. The molecule has 0 aliphatic carbocycles. The number of halogens is 6. The average molecular weight is 457 g/mol. The quantitative estimate of drug-likeness (QED) is 0.348. The van der Waals surface area contributed by atoms with Crippen molar-refractivity contribution >= 4 is 5.97 Å². The van der Waals surface area contributed by atoms with E-state index in [1.165, 1.54) is 43.6 Å². The van der Waals surface area contributed by atoms with Crippen LogP contribution < -0.4 is 9.47 Å². The van der Waals surface area contributed by atoms with Gasteiger partial charge in [-0.1, -0.05) is 12.1 Å². The summed E-state index contributed by atoms with van der Waals surface area (Å²) in [6.45, 7) is 0. The number of aromatic nitrogens is 1. The molecule has 0 saturated heterocycles. The van der Waals surface area contributed by atoms with Gasteiger partial charge in [0.2, 0.25) is 0 Å². The average Bonchev–Trinajstić information content (AvgIpc) is 2.72. The number of alkyl halides is 6. The topological polar surface area (TPSA) is 57.7 Å². The number of rotatable bonds is 5. The summed E-state index contributed by atoms with van der Waals surface area (Å²) in [4.78, 5) is 16.1. The summed E-state index contributed by atoms with van der Waals surface area (Å²) in [5.41, 5.74) is 1.42. The van der Waals surface area contributed by atoms with Crippen LogP contribution in [0.5, 0.6) is 11.5 Å². The van der Waals surface area contributed by atoms with E-state index < -0.39 is 30.2 Å². The molecule has 0 bridgehead atoms. The van der Waals surface area contributed by atoms with Crippen LogP contribution in [0.25, 0.3) is 22.4 Å². The molecule has 0 N–H and O–H groups in total. The summed E-state index contributed by atoms with van der Waals surface area (Å²) in [5, 5.41) is 0. The predicted octanol–water partition coefficient (Wildman–Crippen LogP) is 6.00. The highest BCUT2D eigenvalue weighted by Crippen LogP contribution is 2.34. The fourth-order valence-corrected chi connectivity index (χ4v) is 2.79. The molecule has 0 spiro atoms. The molecule has 5 nitrogen and oxygen atoms in total. The number of esters is 1.